The molecule has 1 amide bonds. The number of carbonyl (C=O) groups excluding carboxylic acids is 1. The number of carbonyl (C=O) groups is 1. The fourth-order valence-electron chi connectivity index (χ4n) is 5.69. The molecule has 262 valence electrons. The molecule has 4 aromatic carbocycles. The maximum atomic E-state index is 13.0. The third-order valence-electron chi connectivity index (χ3n) is 8.54. The number of halogens is 3. The SMILES string of the molecule is Cc1cc(C=CC(=O)N2CCN(Cc3ccc(CCOc4ccccc4Cl)cc3)CC2)cc(Cl)c1Oc1ccc(OCc2ccccc2Cl)cn1. The van der Waals surface area contributed by atoms with Gasteiger partial charge in [0.15, 0.2) is 5.75 Å². The first-order valence-corrected chi connectivity index (χ1v) is 17.9. The third-order valence-corrected chi connectivity index (χ3v) is 9.50. The number of benzene rings is 4. The second kappa shape index (κ2) is 17.6. The largest absolute Gasteiger partial charge is 0.492 e. The predicted octanol–water partition coefficient (Wildman–Crippen LogP) is 9.70. The molecule has 0 unspecified atom stereocenters. The highest BCUT2D eigenvalue weighted by atomic mass is 35.5. The van der Waals surface area contributed by atoms with Crippen molar-refractivity contribution in [3.05, 3.63) is 152 Å². The molecule has 7 nitrogen and oxygen atoms in total. The van der Waals surface area contributed by atoms with E-state index in [2.05, 4.69) is 34.1 Å². The van der Waals surface area contributed by atoms with Gasteiger partial charge in [0.2, 0.25) is 11.8 Å². The monoisotopic (exact) mass is 741 g/mol. The average molecular weight is 743 g/mol. The first-order valence-electron chi connectivity index (χ1n) is 16.8. The average Bonchev–Trinajstić information content (AvgIpc) is 3.14. The highest BCUT2D eigenvalue weighted by Gasteiger charge is 2.20. The quantitative estimate of drug-likeness (QED) is 0.112. The summed E-state index contributed by atoms with van der Waals surface area (Å²) >= 11 is 19.0. The lowest BCUT2D eigenvalue weighted by Gasteiger charge is -2.34. The predicted molar refractivity (Wildman–Crippen MR) is 204 cm³/mol. The van der Waals surface area contributed by atoms with E-state index in [0.29, 0.717) is 64.5 Å². The van der Waals surface area contributed by atoms with Gasteiger partial charge in [0.25, 0.3) is 0 Å². The highest BCUT2D eigenvalue weighted by molar-refractivity contribution is 6.32. The Kier molecular flexibility index (Phi) is 12.5. The summed E-state index contributed by atoms with van der Waals surface area (Å²) in [6.45, 7) is 6.62. The van der Waals surface area contributed by atoms with Gasteiger partial charge in [-0.25, -0.2) is 4.98 Å². The third kappa shape index (κ3) is 10.3. The van der Waals surface area contributed by atoms with Crippen LogP contribution in [-0.4, -0.2) is 53.5 Å². The van der Waals surface area contributed by atoms with Crippen LogP contribution in [0.15, 0.2) is 109 Å². The maximum absolute atomic E-state index is 13.0. The van der Waals surface area contributed by atoms with Crippen LogP contribution in [0.2, 0.25) is 15.1 Å². The van der Waals surface area contributed by atoms with E-state index in [1.807, 2.05) is 66.4 Å². The summed E-state index contributed by atoms with van der Waals surface area (Å²) in [7, 11) is 0. The number of nitrogens with zero attached hydrogens (tertiary/aromatic N) is 3. The summed E-state index contributed by atoms with van der Waals surface area (Å²) < 4.78 is 17.6. The summed E-state index contributed by atoms with van der Waals surface area (Å²) in [6.07, 6.45) is 5.80. The van der Waals surface area contributed by atoms with Crippen molar-refractivity contribution in [3.8, 4) is 23.1 Å². The molecule has 0 saturated carbocycles. The van der Waals surface area contributed by atoms with Gasteiger partial charge in [-0.15, -0.1) is 0 Å². The molecule has 0 radical (unpaired) electrons. The molecule has 1 fully saturated rings. The van der Waals surface area contributed by atoms with Crippen LogP contribution in [0.4, 0.5) is 0 Å². The van der Waals surface area contributed by atoms with Crippen molar-refractivity contribution in [2.75, 3.05) is 32.8 Å². The van der Waals surface area contributed by atoms with Crippen LogP contribution in [0.5, 0.6) is 23.1 Å². The van der Waals surface area contributed by atoms with Crippen molar-refractivity contribution in [1.82, 2.24) is 14.8 Å². The van der Waals surface area contributed by atoms with Gasteiger partial charge in [-0.05, 0) is 71.7 Å². The van der Waals surface area contributed by atoms with E-state index in [1.165, 1.54) is 11.1 Å². The molecule has 10 heteroatoms. The Hall–Kier alpha value is -4.53. The van der Waals surface area contributed by atoms with Crippen molar-refractivity contribution < 1.29 is 19.0 Å². The van der Waals surface area contributed by atoms with E-state index in [-0.39, 0.29) is 5.91 Å². The van der Waals surface area contributed by atoms with Crippen molar-refractivity contribution in [2.24, 2.45) is 0 Å². The van der Waals surface area contributed by atoms with Gasteiger partial charge in [0.1, 0.15) is 18.1 Å². The molecule has 5 aromatic rings. The van der Waals surface area contributed by atoms with Crippen molar-refractivity contribution in [3.63, 3.8) is 0 Å². The number of amides is 1. The zero-order chi connectivity index (χ0) is 35.6. The minimum atomic E-state index is -0.0202. The molecular weight excluding hydrogens is 705 g/mol. The lowest BCUT2D eigenvalue weighted by molar-refractivity contribution is -0.127. The molecule has 0 N–H and O–H groups in total. The van der Waals surface area contributed by atoms with E-state index in [9.17, 15) is 4.79 Å². The zero-order valence-electron chi connectivity index (χ0n) is 28.2. The number of rotatable bonds is 13. The molecule has 0 bridgehead atoms. The lowest BCUT2D eigenvalue weighted by atomic mass is 10.1. The number of piperazine rings is 1. The molecule has 1 saturated heterocycles. The number of aromatic nitrogens is 1. The number of hydrogen-bond acceptors (Lipinski definition) is 6. The molecule has 1 aromatic heterocycles. The first-order chi connectivity index (χ1) is 24.8. The van der Waals surface area contributed by atoms with Gasteiger partial charge in [0.05, 0.1) is 22.8 Å². The minimum absolute atomic E-state index is 0.0202. The van der Waals surface area contributed by atoms with Crippen LogP contribution >= 0.6 is 34.8 Å². The van der Waals surface area contributed by atoms with E-state index in [4.69, 9.17) is 49.0 Å². The maximum Gasteiger partial charge on any atom is 0.246 e. The second-order valence-corrected chi connectivity index (χ2v) is 13.5. The van der Waals surface area contributed by atoms with E-state index in [1.54, 1.807) is 36.5 Å². The number of aryl methyl sites for hydroxylation is 1. The number of ether oxygens (including phenoxy) is 3. The molecule has 0 spiro atoms. The van der Waals surface area contributed by atoms with Crippen molar-refractivity contribution in [2.45, 2.75) is 26.5 Å². The Morgan fingerprint density at radius 2 is 1.53 bits per heavy atom. The minimum Gasteiger partial charge on any atom is -0.492 e. The van der Waals surface area contributed by atoms with Gasteiger partial charge in [0, 0.05) is 61.9 Å². The summed E-state index contributed by atoms with van der Waals surface area (Å²) in [5.41, 5.74) is 4.99. The van der Waals surface area contributed by atoms with Crippen LogP contribution in [0.1, 0.15) is 27.8 Å². The van der Waals surface area contributed by atoms with Gasteiger partial charge in [-0.3, -0.25) is 9.69 Å². The Balaban J connectivity index is 0.938. The lowest BCUT2D eigenvalue weighted by Crippen LogP contribution is -2.47. The molecule has 0 aliphatic carbocycles. The van der Waals surface area contributed by atoms with Crippen LogP contribution in [-0.2, 0) is 24.4 Å². The van der Waals surface area contributed by atoms with Crippen LogP contribution < -0.4 is 14.2 Å². The summed E-state index contributed by atoms with van der Waals surface area (Å²) in [4.78, 5) is 21.7. The Bertz CT molecular complexity index is 1940. The normalized spacial score (nSPS) is 13.4. The molecule has 0 atom stereocenters. The smallest absolute Gasteiger partial charge is 0.246 e. The van der Waals surface area contributed by atoms with Crippen molar-refractivity contribution >= 4 is 46.8 Å². The molecular formula is C41H38Cl3N3O4. The molecule has 1 aliphatic rings. The van der Waals surface area contributed by atoms with Gasteiger partial charge >= 0.3 is 0 Å². The second-order valence-electron chi connectivity index (χ2n) is 12.2. The van der Waals surface area contributed by atoms with Gasteiger partial charge < -0.3 is 19.1 Å². The number of para-hydroxylation sites is 1. The summed E-state index contributed by atoms with van der Waals surface area (Å²) in [5.74, 6) is 2.17. The van der Waals surface area contributed by atoms with E-state index < -0.39 is 0 Å². The summed E-state index contributed by atoms with van der Waals surface area (Å²) in [5, 5.41) is 1.70. The van der Waals surface area contributed by atoms with Gasteiger partial charge in [-0.1, -0.05) is 89.4 Å². The van der Waals surface area contributed by atoms with Crippen molar-refractivity contribution in [1.29, 1.82) is 0 Å². The van der Waals surface area contributed by atoms with Gasteiger partial charge in [-0.2, -0.15) is 0 Å². The molecule has 6 rings (SSSR count). The first kappa shape index (κ1) is 36.3. The molecule has 51 heavy (non-hydrogen) atoms. The van der Waals surface area contributed by atoms with E-state index in [0.717, 1.165) is 42.7 Å². The zero-order valence-corrected chi connectivity index (χ0v) is 30.5. The summed E-state index contributed by atoms with van der Waals surface area (Å²) in [6, 6.07) is 30.9. The number of hydrogen-bond donors (Lipinski definition) is 0. The fourth-order valence-corrected chi connectivity index (χ4v) is 6.38. The standard InChI is InChI=1S/C41H38Cl3N3O4/c1-29-24-32(25-37(44)41(29)51-39-16-15-34(26-45-39)50-28-33-6-2-3-7-35(33)42)14-17-40(48)47-21-19-46(20-22-47)27-31-12-10-30(11-13-31)18-23-49-38-9-5-4-8-36(38)43/h2-17,24-26H,18-23,27-28H2,1H3. The van der Waals surface area contributed by atoms with E-state index >= 15 is 0 Å². The highest BCUT2D eigenvalue weighted by Crippen LogP contribution is 2.34. The Labute approximate surface area is 313 Å². The van der Waals surface area contributed by atoms with Crippen LogP contribution in [0, 0.1) is 6.92 Å². The van der Waals surface area contributed by atoms with Crippen LogP contribution in [0.3, 0.4) is 0 Å². The Morgan fingerprint density at radius 3 is 2.24 bits per heavy atom. The molecule has 2 heterocycles. The topological polar surface area (TPSA) is 64.1 Å². The molecule has 1 aliphatic heterocycles. The number of pyridine rings is 1. The fraction of sp³-hybridized carbons (Fsp3) is 0.220. The van der Waals surface area contributed by atoms with Crippen LogP contribution in [0.25, 0.3) is 6.08 Å². The Morgan fingerprint density at radius 1 is 0.804 bits per heavy atom.